The molecule has 1 aliphatic rings. The zero-order valence-corrected chi connectivity index (χ0v) is 14.3. The lowest BCUT2D eigenvalue weighted by Crippen LogP contribution is -2.55. The second-order valence-electron chi connectivity index (χ2n) is 5.84. The third kappa shape index (κ3) is 4.74. The Morgan fingerprint density at radius 3 is 2.64 bits per heavy atom. The minimum absolute atomic E-state index is 0.134. The largest absolute Gasteiger partial charge is 0.379 e. The molecule has 5 nitrogen and oxygen atoms in total. The Hall–Kier alpha value is -1.01. The highest BCUT2D eigenvalue weighted by Crippen LogP contribution is 2.25. The molecule has 0 bridgehead atoms. The highest BCUT2D eigenvalue weighted by Gasteiger charge is 2.28. The van der Waals surface area contributed by atoms with E-state index in [1.807, 2.05) is 0 Å². The van der Waals surface area contributed by atoms with E-state index in [4.69, 9.17) is 27.9 Å². The van der Waals surface area contributed by atoms with E-state index in [1.54, 1.807) is 18.2 Å². The summed E-state index contributed by atoms with van der Waals surface area (Å²) in [5.74, 6) is 0. The number of carbonyl (C=O) groups is 1. The SMILES string of the molecule is CC(C)(CNC(=O)Nc1ccc(Cl)cc1Cl)N1CCOCC1. The predicted octanol–water partition coefficient (Wildman–Crippen LogP) is 3.23. The molecule has 1 aromatic rings. The normalized spacial score (nSPS) is 16.4. The van der Waals surface area contributed by atoms with Crippen molar-refractivity contribution in [1.82, 2.24) is 10.2 Å². The van der Waals surface area contributed by atoms with Crippen LogP contribution in [-0.2, 0) is 4.74 Å². The maximum absolute atomic E-state index is 12.0. The van der Waals surface area contributed by atoms with Gasteiger partial charge >= 0.3 is 6.03 Å². The van der Waals surface area contributed by atoms with Crippen LogP contribution in [0.4, 0.5) is 10.5 Å². The first kappa shape index (κ1) is 17.3. The molecule has 1 aliphatic heterocycles. The van der Waals surface area contributed by atoms with Crippen LogP contribution >= 0.6 is 23.2 Å². The van der Waals surface area contributed by atoms with Gasteiger partial charge in [0.15, 0.2) is 0 Å². The molecule has 0 unspecified atom stereocenters. The maximum atomic E-state index is 12.0. The summed E-state index contributed by atoms with van der Waals surface area (Å²) in [6, 6.07) is 4.67. The standard InChI is InChI=1S/C15H21Cl2N3O2/c1-15(2,20-5-7-22-8-6-20)10-18-14(21)19-13-4-3-11(16)9-12(13)17/h3-4,9H,5-8,10H2,1-2H3,(H2,18,19,21). The fourth-order valence-corrected chi connectivity index (χ4v) is 2.79. The number of amides is 2. The van der Waals surface area contributed by atoms with Crippen LogP contribution in [-0.4, -0.2) is 49.3 Å². The van der Waals surface area contributed by atoms with Gasteiger partial charge < -0.3 is 15.4 Å². The van der Waals surface area contributed by atoms with Gasteiger partial charge in [-0.3, -0.25) is 4.90 Å². The van der Waals surface area contributed by atoms with Gasteiger partial charge in [0.25, 0.3) is 0 Å². The van der Waals surface area contributed by atoms with Crippen molar-refractivity contribution in [3.05, 3.63) is 28.2 Å². The molecule has 0 radical (unpaired) electrons. The molecule has 0 spiro atoms. The Morgan fingerprint density at radius 2 is 2.00 bits per heavy atom. The van der Waals surface area contributed by atoms with Gasteiger partial charge in [-0.15, -0.1) is 0 Å². The molecule has 2 amide bonds. The highest BCUT2D eigenvalue weighted by atomic mass is 35.5. The quantitative estimate of drug-likeness (QED) is 0.880. The minimum atomic E-state index is -0.287. The smallest absolute Gasteiger partial charge is 0.319 e. The van der Waals surface area contributed by atoms with Gasteiger partial charge in [-0.05, 0) is 32.0 Å². The average molecular weight is 346 g/mol. The molecule has 1 fully saturated rings. The van der Waals surface area contributed by atoms with Crippen molar-refractivity contribution in [2.24, 2.45) is 0 Å². The summed E-state index contributed by atoms with van der Waals surface area (Å²) in [6.07, 6.45) is 0. The number of carbonyl (C=O) groups excluding carboxylic acids is 1. The Bertz CT molecular complexity index is 532. The zero-order valence-electron chi connectivity index (χ0n) is 12.8. The van der Waals surface area contributed by atoms with Crippen LogP contribution in [0.25, 0.3) is 0 Å². The van der Waals surface area contributed by atoms with Crippen LogP contribution in [0.5, 0.6) is 0 Å². The summed E-state index contributed by atoms with van der Waals surface area (Å²) < 4.78 is 5.36. The van der Waals surface area contributed by atoms with E-state index in [0.29, 0.717) is 22.3 Å². The summed E-state index contributed by atoms with van der Waals surface area (Å²) in [5.41, 5.74) is 0.401. The molecule has 122 valence electrons. The molecular formula is C15H21Cl2N3O2. The topological polar surface area (TPSA) is 53.6 Å². The lowest BCUT2D eigenvalue weighted by molar-refractivity contribution is -0.00863. The van der Waals surface area contributed by atoms with Gasteiger partial charge in [0.2, 0.25) is 0 Å². The molecule has 0 aliphatic carbocycles. The van der Waals surface area contributed by atoms with E-state index in [-0.39, 0.29) is 11.6 Å². The van der Waals surface area contributed by atoms with Crippen LogP contribution in [0.15, 0.2) is 18.2 Å². The van der Waals surface area contributed by atoms with Gasteiger partial charge in [0, 0.05) is 30.2 Å². The summed E-state index contributed by atoms with van der Waals surface area (Å²) in [7, 11) is 0. The lowest BCUT2D eigenvalue weighted by atomic mass is 10.0. The minimum Gasteiger partial charge on any atom is -0.379 e. The number of nitrogens with one attached hydrogen (secondary N) is 2. The number of anilines is 1. The molecule has 1 heterocycles. The number of ether oxygens (including phenoxy) is 1. The monoisotopic (exact) mass is 345 g/mol. The van der Waals surface area contributed by atoms with Crippen LogP contribution in [0.1, 0.15) is 13.8 Å². The van der Waals surface area contributed by atoms with Crippen molar-refractivity contribution in [3.8, 4) is 0 Å². The van der Waals surface area contributed by atoms with Gasteiger partial charge in [-0.1, -0.05) is 23.2 Å². The number of urea groups is 1. The molecule has 22 heavy (non-hydrogen) atoms. The fraction of sp³-hybridized carbons (Fsp3) is 0.533. The first-order valence-electron chi connectivity index (χ1n) is 7.21. The van der Waals surface area contributed by atoms with Crippen molar-refractivity contribution >= 4 is 34.9 Å². The van der Waals surface area contributed by atoms with E-state index in [0.717, 1.165) is 26.3 Å². The van der Waals surface area contributed by atoms with Gasteiger partial charge in [-0.25, -0.2) is 4.79 Å². The molecule has 2 rings (SSSR count). The average Bonchev–Trinajstić information content (AvgIpc) is 2.49. The molecule has 0 saturated carbocycles. The third-order valence-corrected chi connectivity index (χ3v) is 4.28. The first-order chi connectivity index (χ1) is 10.4. The number of nitrogens with zero attached hydrogens (tertiary/aromatic N) is 1. The first-order valence-corrected chi connectivity index (χ1v) is 7.97. The van der Waals surface area contributed by atoms with Crippen LogP contribution in [0.2, 0.25) is 10.0 Å². The number of morpholine rings is 1. The Labute approximate surface area is 140 Å². The molecule has 1 aromatic carbocycles. The molecule has 1 saturated heterocycles. The second-order valence-corrected chi connectivity index (χ2v) is 6.69. The number of benzene rings is 1. The lowest BCUT2D eigenvalue weighted by Gasteiger charge is -2.40. The van der Waals surface area contributed by atoms with Crippen molar-refractivity contribution in [1.29, 1.82) is 0 Å². The van der Waals surface area contributed by atoms with Crippen LogP contribution in [0.3, 0.4) is 0 Å². The fourth-order valence-electron chi connectivity index (χ4n) is 2.33. The number of hydrogen-bond acceptors (Lipinski definition) is 3. The third-order valence-electron chi connectivity index (χ3n) is 3.73. The van der Waals surface area contributed by atoms with E-state index >= 15 is 0 Å². The van der Waals surface area contributed by atoms with E-state index in [1.165, 1.54) is 0 Å². The molecule has 0 aromatic heterocycles. The van der Waals surface area contributed by atoms with Crippen molar-refractivity contribution in [2.45, 2.75) is 19.4 Å². The summed E-state index contributed by atoms with van der Waals surface area (Å²) in [4.78, 5) is 14.3. The van der Waals surface area contributed by atoms with Crippen LogP contribution < -0.4 is 10.6 Å². The second kappa shape index (κ2) is 7.51. The summed E-state index contributed by atoms with van der Waals surface area (Å²) >= 11 is 11.9. The molecule has 2 N–H and O–H groups in total. The van der Waals surface area contributed by atoms with Gasteiger partial charge in [0.05, 0.1) is 23.9 Å². The van der Waals surface area contributed by atoms with Gasteiger partial charge in [-0.2, -0.15) is 0 Å². The van der Waals surface area contributed by atoms with E-state index in [9.17, 15) is 4.79 Å². The number of hydrogen-bond donors (Lipinski definition) is 2. The highest BCUT2D eigenvalue weighted by molar-refractivity contribution is 6.36. The van der Waals surface area contributed by atoms with E-state index in [2.05, 4.69) is 29.4 Å². The Balaban J connectivity index is 1.86. The maximum Gasteiger partial charge on any atom is 0.319 e. The molecular weight excluding hydrogens is 325 g/mol. The summed E-state index contributed by atoms with van der Waals surface area (Å²) in [5, 5.41) is 6.56. The predicted molar refractivity (Wildman–Crippen MR) is 90.0 cm³/mol. The van der Waals surface area contributed by atoms with Crippen molar-refractivity contribution in [3.63, 3.8) is 0 Å². The Kier molecular flexibility index (Phi) is 5.92. The van der Waals surface area contributed by atoms with Crippen molar-refractivity contribution in [2.75, 3.05) is 38.2 Å². The van der Waals surface area contributed by atoms with Crippen LogP contribution in [0, 0.1) is 0 Å². The summed E-state index contributed by atoms with van der Waals surface area (Å²) in [6.45, 7) is 7.95. The number of rotatable bonds is 4. The number of halogens is 2. The van der Waals surface area contributed by atoms with Gasteiger partial charge in [0.1, 0.15) is 0 Å². The zero-order chi connectivity index (χ0) is 16.2. The molecule has 7 heteroatoms. The molecule has 0 atom stereocenters. The van der Waals surface area contributed by atoms with Crippen molar-refractivity contribution < 1.29 is 9.53 Å². The van der Waals surface area contributed by atoms with E-state index < -0.39 is 0 Å². The Morgan fingerprint density at radius 1 is 1.32 bits per heavy atom.